The van der Waals surface area contributed by atoms with E-state index in [1.807, 2.05) is 19.1 Å². The molecule has 0 fully saturated rings. The van der Waals surface area contributed by atoms with Gasteiger partial charge in [0.15, 0.2) is 0 Å². The zero-order chi connectivity index (χ0) is 15.6. The van der Waals surface area contributed by atoms with E-state index in [4.69, 9.17) is 4.74 Å². The quantitative estimate of drug-likeness (QED) is 0.597. The monoisotopic (exact) mass is 274 g/mol. The minimum atomic E-state index is 0.254. The van der Waals surface area contributed by atoms with Gasteiger partial charge >= 0.3 is 0 Å². The van der Waals surface area contributed by atoms with Gasteiger partial charge in [0, 0.05) is 0 Å². The number of ether oxygens (including phenoxy) is 1. The molecular weight excluding hydrogens is 244 g/mol. The van der Waals surface area contributed by atoms with Gasteiger partial charge in [-0.25, -0.2) is 0 Å². The van der Waals surface area contributed by atoms with Crippen LogP contribution in [0.15, 0.2) is 36.6 Å². The summed E-state index contributed by atoms with van der Waals surface area (Å²) in [5.41, 5.74) is 1.97. The van der Waals surface area contributed by atoms with E-state index in [-0.39, 0.29) is 5.41 Å². The Balaban J connectivity index is 3.00. The molecule has 20 heavy (non-hydrogen) atoms. The number of allylic oxidation sites excluding steroid dienone is 1. The Bertz CT molecular complexity index is 440. The summed E-state index contributed by atoms with van der Waals surface area (Å²) in [6.45, 7) is 19.5. The average molecular weight is 274 g/mol. The van der Waals surface area contributed by atoms with Crippen LogP contribution in [0.2, 0.25) is 0 Å². The van der Waals surface area contributed by atoms with Crippen LogP contribution in [-0.4, -0.2) is 0 Å². The van der Waals surface area contributed by atoms with Crippen molar-refractivity contribution in [3.05, 3.63) is 42.2 Å². The molecular formula is C19H30O. The molecule has 0 aromatic heterocycles. The first-order valence-electron chi connectivity index (χ1n) is 7.42. The molecule has 0 saturated heterocycles. The van der Waals surface area contributed by atoms with Crippen molar-refractivity contribution in [1.29, 1.82) is 0 Å². The van der Waals surface area contributed by atoms with Gasteiger partial charge in [0.2, 0.25) is 0 Å². The van der Waals surface area contributed by atoms with Crippen LogP contribution in [0.4, 0.5) is 0 Å². The lowest BCUT2D eigenvalue weighted by Crippen LogP contribution is -2.23. The summed E-state index contributed by atoms with van der Waals surface area (Å²) in [5, 5.41) is 0. The maximum absolute atomic E-state index is 5.54. The molecule has 0 spiro atoms. The number of rotatable bonds is 4. The van der Waals surface area contributed by atoms with Crippen LogP contribution in [0, 0.1) is 10.8 Å². The van der Waals surface area contributed by atoms with Crippen molar-refractivity contribution in [3.8, 4) is 5.75 Å². The Morgan fingerprint density at radius 2 is 1.55 bits per heavy atom. The third kappa shape index (κ3) is 5.40. The van der Waals surface area contributed by atoms with Gasteiger partial charge in [0.05, 0.1) is 5.76 Å². The Kier molecular flexibility index (Phi) is 5.07. The fraction of sp³-hybridized carbons (Fsp3) is 0.579. The zero-order valence-electron chi connectivity index (χ0n) is 14.2. The molecule has 1 atom stereocenters. The molecule has 1 nitrogen and oxygen atoms in total. The highest BCUT2D eigenvalue weighted by Gasteiger charge is 2.30. The van der Waals surface area contributed by atoms with E-state index in [1.165, 1.54) is 12.0 Å². The van der Waals surface area contributed by atoms with Crippen LogP contribution < -0.4 is 4.74 Å². The van der Waals surface area contributed by atoms with Crippen molar-refractivity contribution in [1.82, 2.24) is 0 Å². The summed E-state index contributed by atoms with van der Waals surface area (Å²) in [6, 6.07) is 8.48. The molecule has 0 aliphatic heterocycles. The maximum atomic E-state index is 5.54. The molecule has 0 N–H and O–H groups in total. The number of benzene rings is 1. The van der Waals surface area contributed by atoms with Crippen LogP contribution in [0.3, 0.4) is 0 Å². The molecule has 1 rings (SSSR count). The second kappa shape index (κ2) is 6.03. The van der Waals surface area contributed by atoms with Crippen molar-refractivity contribution in [2.24, 2.45) is 10.8 Å². The molecule has 1 aromatic rings. The van der Waals surface area contributed by atoms with Crippen molar-refractivity contribution in [2.45, 2.75) is 60.8 Å². The van der Waals surface area contributed by atoms with Gasteiger partial charge in [-0.1, -0.05) is 60.3 Å². The van der Waals surface area contributed by atoms with Gasteiger partial charge < -0.3 is 4.74 Å². The van der Waals surface area contributed by atoms with Gasteiger partial charge in [-0.15, -0.1) is 0 Å². The zero-order valence-corrected chi connectivity index (χ0v) is 14.2. The predicted molar refractivity (Wildman–Crippen MR) is 88.2 cm³/mol. The van der Waals surface area contributed by atoms with E-state index in [1.54, 1.807) is 0 Å². The summed E-state index contributed by atoms with van der Waals surface area (Å²) < 4.78 is 5.54. The summed E-state index contributed by atoms with van der Waals surface area (Å²) in [5.74, 6) is 2.13. The minimum Gasteiger partial charge on any atom is -0.463 e. The van der Waals surface area contributed by atoms with Crippen molar-refractivity contribution < 1.29 is 4.74 Å². The molecule has 0 saturated carbocycles. The smallest absolute Gasteiger partial charge is 0.126 e. The molecule has 112 valence electrons. The van der Waals surface area contributed by atoms with E-state index in [0.717, 1.165) is 11.5 Å². The third-order valence-corrected chi connectivity index (χ3v) is 3.44. The van der Waals surface area contributed by atoms with Gasteiger partial charge in [0.25, 0.3) is 0 Å². The highest BCUT2D eigenvalue weighted by atomic mass is 16.5. The molecule has 1 aromatic carbocycles. The normalized spacial score (nSPS) is 13.9. The number of hydrogen-bond acceptors (Lipinski definition) is 1. The van der Waals surface area contributed by atoms with E-state index < -0.39 is 0 Å². The van der Waals surface area contributed by atoms with Crippen LogP contribution in [0.5, 0.6) is 5.75 Å². The lowest BCUT2D eigenvalue weighted by molar-refractivity contribution is 0.229. The lowest BCUT2D eigenvalue weighted by Gasteiger charge is -2.36. The van der Waals surface area contributed by atoms with Crippen LogP contribution in [0.25, 0.3) is 0 Å². The van der Waals surface area contributed by atoms with Gasteiger partial charge in [-0.05, 0) is 47.8 Å². The Morgan fingerprint density at radius 3 is 1.90 bits per heavy atom. The first-order chi connectivity index (χ1) is 8.99. The summed E-state index contributed by atoms with van der Waals surface area (Å²) in [6.07, 6.45) is 1.18. The molecule has 0 unspecified atom stereocenters. The van der Waals surface area contributed by atoms with Gasteiger partial charge in [-0.2, -0.15) is 0 Å². The molecule has 1 heteroatoms. The van der Waals surface area contributed by atoms with Crippen molar-refractivity contribution >= 4 is 0 Å². The van der Waals surface area contributed by atoms with Crippen LogP contribution in [-0.2, 0) is 0 Å². The maximum Gasteiger partial charge on any atom is 0.126 e. The summed E-state index contributed by atoms with van der Waals surface area (Å²) in [4.78, 5) is 0. The summed E-state index contributed by atoms with van der Waals surface area (Å²) >= 11 is 0. The van der Waals surface area contributed by atoms with Crippen LogP contribution in [0.1, 0.15) is 66.4 Å². The third-order valence-electron chi connectivity index (χ3n) is 3.44. The Morgan fingerprint density at radius 1 is 1.05 bits per heavy atom. The second-order valence-electron chi connectivity index (χ2n) is 8.06. The predicted octanol–water partition coefficient (Wildman–Crippen LogP) is 6.16. The highest BCUT2D eigenvalue weighted by molar-refractivity contribution is 5.31. The topological polar surface area (TPSA) is 9.23 Å². The van der Waals surface area contributed by atoms with Crippen molar-refractivity contribution in [3.63, 3.8) is 0 Å². The molecule has 0 aliphatic carbocycles. The number of hydrogen-bond donors (Lipinski definition) is 0. The largest absolute Gasteiger partial charge is 0.463 e. The first kappa shape index (κ1) is 16.8. The molecule has 0 radical (unpaired) electrons. The summed E-state index contributed by atoms with van der Waals surface area (Å²) in [7, 11) is 0. The Hall–Kier alpha value is -1.24. The molecule has 0 amide bonds. The standard InChI is InChI=1S/C19H30O/c1-14(2)20-16-11-9-15(10-12-16)17(19(6,7)8)13-18(3,4)5/h9-12,17H,1,13H2,2-8H3/t17-/m1/s1. The van der Waals surface area contributed by atoms with E-state index >= 15 is 0 Å². The van der Waals surface area contributed by atoms with Crippen LogP contribution >= 0.6 is 0 Å². The Labute approximate surface area is 125 Å². The van der Waals surface area contributed by atoms with E-state index in [0.29, 0.717) is 11.3 Å². The van der Waals surface area contributed by atoms with Gasteiger partial charge in [-0.3, -0.25) is 0 Å². The average Bonchev–Trinajstić information content (AvgIpc) is 2.24. The molecule has 0 heterocycles. The fourth-order valence-corrected chi connectivity index (χ4v) is 2.51. The van der Waals surface area contributed by atoms with E-state index in [9.17, 15) is 0 Å². The van der Waals surface area contributed by atoms with Crippen molar-refractivity contribution in [2.75, 3.05) is 0 Å². The first-order valence-corrected chi connectivity index (χ1v) is 7.42. The molecule has 0 bridgehead atoms. The molecule has 0 aliphatic rings. The van der Waals surface area contributed by atoms with Gasteiger partial charge in [0.1, 0.15) is 5.75 Å². The second-order valence-corrected chi connectivity index (χ2v) is 8.06. The highest BCUT2D eigenvalue weighted by Crippen LogP contribution is 2.43. The lowest BCUT2D eigenvalue weighted by atomic mass is 9.69. The fourth-order valence-electron chi connectivity index (χ4n) is 2.51. The van der Waals surface area contributed by atoms with E-state index in [2.05, 4.69) is 60.3 Å². The SMILES string of the molecule is C=C(C)Oc1ccc([C@@H](CC(C)(C)C)C(C)(C)C)cc1. The minimum absolute atomic E-state index is 0.254.